The molecule has 0 spiro atoms. The molecule has 2 heterocycles. The number of carbonyl (C=O) groups is 2. The van der Waals surface area contributed by atoms with Crippen molar-refractivity contribution in [3.05, 3.63) is 116 Å². The Bertz CT molecular complexity index is 1310. The molecule has 0 saturated carbocycles. The second-order valence-electron chi connectivity index (χ2n) is 7.35. The summed E-state index contributed by atoms with van der Waals surface area (Å²) in [5.41, 5.74) is 3.12. The lowest BCUT2D eigenvalue weighted by Gasteiger charge is -2.02. The zero-order valence-electron chi connectivity index (χ0n) is 17.4. The zero-order valence-corrected chi connectivity index (χ0v) is 18.9. The lowest BCUT2D eigenvalue weighted by Crippen LogP contribution is -2.07. The summed E-state index contributed by atoms with van der Waals surface area (Å²) in [6.07, 6.45) is 3.25. The van der Waals surface area contributed by atoms with E-state index in [0.717, 1.165) is 11.1 Å². The maximum absolute atomic E-state index is 12.2. The standard InChI is InChI=1S/C26H14Cl2N2O4/c27-19-9-1-15(2-10-19)13-21-25(31)33-23(29-21)17-5-7-18(8-6-17)24-30-22(26(32)34-24)14-16-3-11-20(28)12-4-16/h1-14H/b21-13+,22-14+. The fourth-order valence-electron chi connectivity index (χ4n) is 3.25. The van der Waals surface area contributed by atoms with E-state index in [4.69, 9.17) is 32.7 Å². The summed E-state index contributed by atoms with van der Waals surface area (Å²) in [4.78, 5) is 33.1. The second-order valence-corrected chi connectivity index (χ2v) is 8.23. The fourth-order valence-corrected chi connectivity index (χ4v) is 3.51. The molecule has 2 aliphatic heterocycles. The summed E-state index contributed by atoms with van der Waals surface area (Å²) in [7, 11) is 0. The molecule has 0 atom stereocenters. The number of aliphatic imine (C=N–C) groups is 2. The largest absolute Gasteiger partial charge is 0.402 e. The fraction of sp³-hybridized carbons (Fsp3) is 0. The van der Waals surface area contributed by atoms with Crippen molar-refractivity contribution in [3.8, 4) is 0 Å². The number of nitrogens with zero attached hydrogens (tertiary/aromatic N) is 2. The van der Waals surface area contributed by atoms with Gasteiger partial charge in [-0.1, -0.05) is 47.5 Å². The Morgan fingerprint density at radius 2 is 0.912 bits per heavy atom. The van der Waals surface area contributed by atoms with Crippen LogP contribution in [0.25, 0.3) is 12.2 Å². The number of halogens is 2. The van der Waals surface area contributed by atoms with Crippen molar-refractivity contribution in [1.82, 2.24) is 0 Å². The normalized spacial score (nSPS) is 17.6. The van der Waals surface area contributed by atoms with Crippen LogP contribution in [0.4, 0.5) is 0 Å². The molecule has 6 nitrogen and oxygen atoms in total. The van der Waals surface area contributed by atoms with Crippen molar-refractivity contribution >= 4 is 59.1 Å². The van der Waals surface area contributed by atoms with Gasteiger partial charge in [-0.05, 0) is 71.8 Å². The van der Waals surface area contributed by atoms with E-state index in [-0.39, 0.29) is 23.2 Å². The van der Waals surface area contributed by atoms with E-state index in [2.05, 4.69) is 9.98 Å². The summed E-state index contributed by atoms with van der Waals surface area (Å²) in [5.74, 6) is -0.712. The molecule has 166 valence electrons. The monoisotopic (exact) mass is 488 g/mol. The average Bonchev–Trinajstić information content (AvgIpc) is 3.39. The first-order chi connectivity index (χ1) is 16.4. The van der Waals surface area contributed by atoms with Gasteiger partial charge in [-0.2, -0.15) is 0 Å². The average molecular weight is 489 g/mol. The SMILES string of the molecule is O=C1OC(c2ccc(C3=N/C(=C/c4ccc(Cl)cc4)C(=O)O3)cc2)=N/C1=C/c1ccc(Cl)cc1. The molecule has 2 aliphatic rings. The molecule has 8 heteroatoms. The second kappa shape index (κ2) is 9.09. The highest BCUT2D eigenvalue weighted by molar-refractivity contribution is 6.30. The number of esters is 2. The van der Waals surface area contributed by atoms with E-state index in [1.54, 1.807) is 84.9 Å². The van der Waals surface area contributed by atoms with E-state index >= 15 is 0 Å². The molecule has 3 aromatic rings. The first-order valence-electron chi connectivity index (χ1n) is 10.1. The number of rotatable bonds is 4. The minimum absolute atomic E-state index is 0.186. The first kappa shape index (κ1) is 21.8. The van der Waals surface area contributed by atoms with Crippen LogP contribution in [0.2, 0.25) is 10.0 Å². The van der Waals surface area contributed by atoms with Crippen molar-refractivity contribution in [1.29, 1.82) is 0 Å². The molecular weight excluding hydrogens is 475 g/mol. The Morgan fingerprint density at radius 1 is 0.559 bits per heavy atom. The smallest absolute Gasteiger partial charge is 0.363 e. The predicted octanol–water partition coefficient (Wildman–Crippen LogP) is 5.68. The zero-order chi connectivity index (χ0) is 23.7. The molecule has 0 unspecified atom stereocenters. The first-order valence-corrected chi connectivity index (χ1v) is 10.9. The van der Waals surface area contributed by atoms with Gasteiger partial charge in [0, 0.05) is 21.2 Å². The molecule has 0 amide bonds. The van der Waals surface area contributed by atoms with Crippen molar-refractivity contribution in [2.45, 2.75) is 0 Å². The third-order valence-electron chi connectivity index (χ3n) is 4.97. The molecule has 0 aliphatic carbocycles. The van der Waals surface area contributed by atoms with Gasteiger partial charge in [0.1, 0.15) is 0 Å². The van der Waals surface area contributed by atoms with Crippen LogP contribution >= 0.6 is 23.2 Å². The van der Waals surface area contributed by atoms with Gasteiger partial charge in [-0.3, -0.25) is 0 Å². The topological polar surface area (TPSA) is 77.3 Å². The van der Waals surface area contributed by atoms with Crippen molar-refractivity contribution in [2.24, 2.45) is 9.98 Å². The highest BCUT2D eigenvalue weighted by Crippen LogP contribution is 2.23. The van der Waals surface area contributed by atoms with Gasteiger partial charge in [0.25, 0.3) is 0 Å². The van der Waals surface area contributed by atoms with Gasteiger partial charge < -0.3 is 9.47 Å². The molecule has 5 rings (SSSR count). The molecule has 0 bridgehead atoms. The minimum atomic E-state index is -0.542. The van der Waals surface area contributed by atoms with Crippen LogP contribution in [0.1, 0.15) is 22.3 Å². The van der Waals surface area contributed by atoms with Crippen LogP contribution in [0.3, 0.4) is 0 Å². The summed E-state index contributed by atoms with van der Waals surface area (Å²) in [6.45, 7) is 0. The maximum atomic E-state index is 12.2. The summed E-state index contributed by atoms with van der Waals surface area (Å²) in [5, 5.41) is 1.20. The predicted molar refractivity (Wildman–Crippen MR) is 131 cm³/mol. The Balaban J connectivity index is 1.35. The van der Waals surface area contributed by atoms with Crippen LogP contribution in [0.5, 0.6) is 0 Å². The Hall–Kier alpha value is -4.00. The number of hydrogen-bond donors (Lipinski definition) is 0. The van der Waals surface area contributed by atoms with Crippen LogP contribution in [0.15, 0.2) is 94.2 Å². The van der Waals surface area contributed by atoms with Gasteiger partial charge in [0.05, 0.1) is 0 Å². The van der Waals surface area contributed by atoms with Crippen LogP contribution < -0.4 is 0 Å². The lowest BCUT2D eigenvalue weighted by molar-refractivity contribution is -0.130. The third-order valence-corrected chi connectivity index (χ3v) is 5.47. The molecular formula is C26H14Cl2N2O4. The Labute approximate surface area is 204 Å². The van der Waals surface area contributed by atoms with E-state index in [9.17, 15) is 9.59 Å². The van der Waals surface area contributed by atoms with Crippen molar-refractivity contribution in [2.75, 3.05) is 0 Å². The molecule has 0 aromatic heterocycles. The Morgan fingerprint density at radius 3 is 1.26 bits per heavy atom. The number of carbonyl (C=O) groups excluding carboxylic acids is 2. The van der Waals surface area contributed by atoms with Gasteiger partial charge in [-0.15, -0.1) is 0 Å². The van der Waals surface area contributed by atoms with E-state index in [0.29, 0.717) is 21.2 Å². The third kappa shape index (κ3) is 4.69. The Kier molecular flexibility index (Phi) is 5.84. The maximum Gasteiger partial charge on any atom is 0.363 e. The van der Waals surface area contributed by atoms with Crippen molar-refractivity contribution < 1.29 is 19.1 Å². The number of ether oxygens (including phenoxy) is 2. The molecule has 34 heavy (non-hydrogen) atoms. The number of benzene rings is 3. The quantitative estimate of drug-likeness (QED) is 0.349. The van der Waals surface area contributed by atoms with Gasteiger partial charge in [-0.25, -0.2) is 19.6 Å². The van der Waals surface area contributed by atoms with Crippen LogP contribution in [-0.4, -0.2) is 23.7 Å². The summed E-state index contributed by atoms with van der Waals surface area (Å²) < 4.78 is 10.6. The molecule has 0 radical (unpaired) electrons. The number of cyclic esters (lactones) is 2. The number of hydrogen-bond acceptors (Lipinski definition) is 6. The highest BCUT2D eigenvalue weighted by Gasteiger charge is 2.26. The van der Waals surface area contributed by atoms with Crippen molar-refractivity contribution in [3.63, 3.8) is 0 Å². The van der Waals surface area contributed by atoms with E-state index in [1.165, 1.54) is 0 Å². The summed E-state index contributed by atoms with van der Waals surface area (Å²) in [6, 6.07) is 20.9. The van der Waals surface area contributed by atoms with Crippen LogP contribution in [0, 0.1) is 0 Å². The summed E-state index contributed by atoms with van der Waals surface area (Å²) >= 11 is 11.8. The van der Waals surface area contributed by atoms with Gasteiger partial charge in [0.15, 0.2) is 11.4 Å². The van der Waals surface area contributed by atoms with Crippen LogP contribution in [-0.2, 0) is 19.1 Å². The molecule has 0 fully saturated rings. The van der Waals surface area contributed by atoms with E-state index in [1.807, 2.05) is 0 Å². The molecule has 0 N–H and O–H groups in total. The lowest BCUT2D eigenvalue weighted by atomic mass is 10.1. The van der Waals surface area contributed by atoms with E-state index < -0.39 is 11.9 Å². The molecule has 0 saturated heterocycles. The highest BCUT2D eigenvalue weighted by atomic mass is 35.5. The molecule has 3 aromatic carbocycles. The van der Waals surface area contributed by atoms with Gasteiger partial charge in [0.2, 0.25) is 11.8 Å². The van der Waals surface area contributed by atoms with Gasteiger partial charge >= 0.3 is 11.9 Å². The minimum Gasteiger partial charge on any atom is -0.402 e.